The maximum atomic E-state index is 13.2. The SMILES string of the molecule is COc1ccc(OC)c([C@H]2CC(=O)Oc3cc(O)c4c(=O)cc(-c5ccc(OC)c(O)c5)oc4c32)c1. The van der Waals surface area contributed by atoms with E-state index in [2.05, 4.69) is 0 Å². The Kier molecular flexibility index (Phi) is 5.68. The normalized spacial score (nSPS) is 14.8. The zero-order valence-corrected chi connectivity index (χ0v) is 19.7. The van der Waals surface area contributed by atoms with E-state index in [1.54, 1.807) is 30.3 Å². The molecule has 0 spiro atoms. The molecule has 0 radical (unpaired) electrons. The molecule has 0 saturated heterocycles. The third-order valence-electron chi connectivity index (χ3n) is 6.20. The highest BCUT2D eigenvalue weighted by molar-refractivity contribution is 5.93. The van der Waals surface area contributed by atoms with Crippen molar-refractivity contribution in [1.82, 2.24) is 0 Å². The number of esters is 1. The van der Waals surface area contributed by atoms with Gasteiger partial charge in [-0.05, 0) is 36.4 Å². The maximum Gasteiger partial charge on any atom is 0.312 e. The number of fused-ring (bicyclic) bond motifs is 3. The van der Waals surface area contributed by atoms with Crippen molar-refractivity contribution in [2.45, 2.75) is 12.3 Å². The van der Waals surface area contributed by atoms with Crippen molar-refractivity contribution in [2.24, 2.45) is 0 Å². The van der Waals surface area contributed by atoms with E-state index >= 15 is 0 Å². The summed E-state index contributed by atoms with van der Waals surface area (Å²) < 4.78 is 27.6. The summed E-state index contributed by atoms with van der Waals surface area (Å²) in [5.74, 6) is -0.140. The lowest BCUT2D eigenvalue weighted by atomic mass is 9.84. The lowest BCUT2D eigenvalue weighted by molar-refractivity contribution is -0.135. The number of phenols is 2. The van der Waals surface area contributed by atoms with Crippen molar-refractivity contribution in [3.05, 3.63) is 69.9 Å². The maximum absolute atomic E-state index is 13.2. The molecule has 4 aromatic rings. The molecule has 0 saturated carbocycles. The van der Waals surface area contributed by atoms with Gasteiger partial charge in [0.15, 0.2) is 16.9 Å². The van der Waals surface area contributed by atoms with Gasteiger partial charge < -0.3 is 33.6 Å². The standard InChI is InChI=1S/C27H22O9/c1-32-14-5-7-20(33-2)15(9-14)16-10-24(31)35-23-12-19(30)26-18(29)11-22(36-27(26)25(16)23)13-4-6-21(34-3)17(28)8-13/h4-9,11-12,16,28,30H,10H2,1-3H3/t16-/m1/s1. The first-order valence-corrected chi connectivity index (χ1v) is 11.0. The van der Waals surface area contributed by atoms with Crippen LogP contribution in [-0.4, -0.2) is 37.5 Å². The highest BCUT2D eigenvalue weighted by Crippen LogP contribution is 2.48. The quantitative estimate of drug-likeness (QED) is 0.310. The van der Waals surface area contributed by atoms with Crippen LogP contribution < -0.4 is 24.4 Å². The summed E-state index contributed by atoms with van der Waals surface area (Å²) in [7, 11) is 4.46. The first kappa shape index (κ1) is 23.1. The van der Waals surface area contributed by atoms with Gasteiger partial charge >= 0.3 is 5.97 Å². The number of methoxy groups -OCH3 is 3. The second-order valence-corrected chi connectivity index (χ2v) is 8.21. The third kappa shape index (κ3) is 3.74. The van der Waals surface area contributed by atoms with E-state index in [-0.39, 0.29) is 46.1 Å². The Hall–Kier alpha value is -4.66. The number of hydrogen-bond acceptors (Lipinski definition) is 9. The Morgan fingerprint density at radius 2 is 1.61 bits per heavy atom. The summed E-state index contributed by atoms with van der Waals surface area (Å²) in [6.07, 6.45) is -0.0618. The Morgan fingerprint density at radius 3 is 2.31 bits per heavy atom. The van der Waals surface area contributed by atoms with Gasteiger partial charge in [0.2, 0.25) is 0 Å². The lowest BCUT2D eigenvalue weighted by Crippen LogP contribution is -2.22. The Balaban J connectivity index is 1.81. The van der Waals surface area contributed by atoms with Crippen molar-refractivity contribution in [3.63, 3.8) is 0 Å². The summed E-state index contributed by atoms with van der Waals surface area (Å²) in [4.78, 5) is 25.7. The van der Waals surface area contributed by atoms with Crippen molar-refractivity contribution in [2.75, 3.05) is 21.3 Å². The van der Waals surface area contributed by atoms with Crippen LogP contribution in [0.5, 0.6) is 34.5 Å². The van der Waals surface area contributed by atoms with Crippen LogP contribution in [0.4, 0.5) is 0 Å². The molecule has 36 heavy (non-hydrogen) atoms. The van der Waals surface area contributed by atoms with E-state index in [1.807, 2.05) is 0 Å². The summed E-state index contributed by atoms with van der Waals surface area (Å²) in [5, 5.41) is 20.8. The van der Waals surface area contributed by atoms with Crippen LogP contribution in [0.25, 0.3) is 22.3 Å². The average Bonchev–Trinajstić information content (AvgIpc) is 2.87. The van der Waals surface area contributed by atoms with Gasteiger partial charge in [0, 0.05) is 34.7 Å². The fourth-order valence-electron chi connectivity index (χ4n) is 4.52. The van der Waals surface area contributed by atoms with E-state index in [9.17, 15) is 19.8 Å². The number of hydrogen-bond donors (Lipinski definition) is 2. The van der Waals surface area contributed by atoms with Crippen LogP contribution in [0.15, 0.2) is 57.7 Å². The van der Waals surface area contributed by atoms with Gasteiger partial charge in [0.05, 0.1) is 27.8 Å². The predicted octanol–water partition coefficient (Wildman–Crippen LogP) is 4.34. The van der Waals surface area contributed by atoms with Gasteiger partial charge in [-0.15, -0.1) is 0 Å². The number of phenolic OH excluding ortho intramolecular Hbond substituents is 2. The van der Waals surface area contributed by atoms with Gasteiger partial charge in [0.25, 0.3) is 0 Å². The number of rotatable bonds is 5. The van der Waals surface area contributed by atoms with E-state index in [0.717, 1.165) is 0 Å². The molecule has 2 heterocycles. The minimum Gasteiger partial charge on any atom is -0.507 e. The average molecular weight is 490 g/mol. The van der Waals surface area contributed by atoms with Crippen LogP contribution in [0.2, 0.25) is 0 Å². The molecule has 1 atom stereocenters. The molecule has 2 N–H and O–H groups in total. The smallest absolute Gasteiger partial charge is 0.312 e. The monoisotopic (exact) mass is 490 g/mol. The number of carbonyl (C=O) groups excluding carboxylic acids is 1. The summed E-state index contributed by atoms with van der Waals surface area (Å²) in [5.41, 5.74) is 0.996. The van der Waals surface area contributed by atoms with Crippen LogP contribution in [0.1, 0.15) is 23.5 Å². The molecule has 3 aromatic carbocycles. The molecule has 184 valence electrons. The van der Waals surface area contributed by atoms with Crippen molar-refractivity contribution >= 4 is 16.9 Å². The molecule has 1 aliphatic rings. The number of benzene rings is 3. The molecule has 9 nitrogen and oxygen atoms in total. The highest BCUT2D eigenvalue weighted by Gasteiger charge is 2.35. The summed E-state index contributed by atoms with van der Waals surface area (Å²) in [6.45, 7) is 0. The second kappa shape index (κ2) is 8.84. The van der Waals surface area contributed by atoms with Crippen molar-refractivity contribution < 1.29 is 38.4 Å². The molecule has 1 aromatic heterocycles. The highest BCUT2D eigenvalue weighted by atomic mass is 16.5. The fraction of sp³-hybridized carbons (Fsp3) is 0.185. The number of aromatic hydroxyl groups is 2. The molecule has 1 aliphatic heterocycles. The zero-order valence-electron chi connectivity index (χ0n) is 19.7. The second-order valence-electron chi connectivity index (χ2n) is 8.21. The Morgan fingerprint density at radius 1 is 0.861 bits per heavy atom. The molecule has 0 amide bonds. The minimum absolute atomic E-state index is 0.0555. The molecule has 0 fully saturated rings. The Labute approximate surface area is 205 Å². The van der Waals surface area contributed by atoms with Crippen LogP contribution in [-0.2, 0) is 4.79 Å². The van der Waals surface area contributed by atoms with Gasteiger partial charge in [-0.25, -0.2) is 0 Å². The van der Waals surface area contributed by atoms with Gasteiger partial charge in [-0.2, -0.15) is 0 Å². The third-order valence-corrected chi connectivity index (χ3v) is 6.20. The lowest BCUT2D eigenvalue weighted by Gasteiger charge is -2.27. The fourth-order valence-corrected chi connectivity index (χ4v) is 4.52. The molecule has 0 aliphatic carbocycles. The molecule has 9 heteroatoms. The van der Waals surface area contributed by atoms with Crippen molar-refractivity contribution in [1.29, 1.82) is 0 Å². The summed E-state index contributed by atoms with van der Waals surface area (Å²) in [6, 6.07) is 12.2. The molecular weight excluding hydrogens is 468 g/mol. The molecule has 0 bridgehead atoms. The van der Waals surface area contributed by atoms with Crippen LogP contribution in [0, 0.1) is 0 Å². The first-order valence-electron chi connectivity index (χ1n) is 11.0. The van der Waals surface area contributed by atoms with Crippen LogP contribution >= 0.6 is 0 Å². The molecule has 5 rings (SSSR count). The van der Waals surface area contributed by atoms with Crippen LogP contribution in [0.3, 0.4) is 0 Å². The predicted molar refractivity (Wildman–Crippen MR) is 129 cm³/mol. The largest absolute Gasteiger partial charge is 0.507 e. The summed E-state index contributed by atoms with van der Waals surface area (Å²) >= 11 is 0. The zero-order chi connectivity index (χ0) is 25.6. The number of carbonyl (C=O) groups is 1. The van der Waals surface area contributed by atoms with Gasteiger partial charge in [-0.1, -0.05) is 0 Å². The molecule has 0 unspecified atom stereocenters. The van der Waals surface area contributed by atoms with Gasteiger partial charge in [-0.3, -0.25) is 9.59 Å². The minimum atomic E-state index is -0.628. The van der Waals surface area contributed by atoms with E-state index in [1.165, 1.54) is 39.5 Å². The molecular formula is C27H22O9. The van der Waals surface area contributed by atoms with E-state index in [0.29, 0.717) is 28.2 Å². The van der Waals surface area contributed by atoms with Gasteiger partial charge in [0.1, 0.15) is 39.7 Å². The van der Waals surface area contributed by atoms with Crippen molar-refractivity contribution in [3.8, 4) is 45.8 Å². The first-order chi connectivity index (χ1) is 17.3. The Bertz CT molecular complexity index is 1570. The number of ether oxygens (including phenoxy) is 4. The topological polar surface area (TPSA) is 125 Å². The van der Waals surface area contributed by atoms with E-state index in [4.69, 9.17) is 23.4 Å². The van der Waals surface area contributed by atoms with E-state index < -0.39 is 17.3 Å².